The second-order valence-corrected chi connectivity index (χ2v) is 8.44. The highest BCUT2D eigenvalue weighted by Gasteiger charge is 2.22. The van der Waals surface area contributed by atoms with Crippen molar-refractivity contribution >= 4 is 23.5 Å². The minimum absolute atomic E-state index is 0.130. The van der Waals surface area contributed by atoms with Crippen molar-refractivity contribution < 1.29 is 9.21 Å². The number of hydrogen-bond donors (Lipinski definition) is 1. The molecule has 4 aromatic rings. The van der Waals surface area contributed by atoms with E-state index < -0.39 is 0 Å². The van der Waals surface area contributed by atoms with Crippen molar-refractivity contribution in [1.82, 2.24) is 19.3 Å². The molecule has 3 heterocycles. The summed E-state index contributed by atoms with van der Waals surface area (Å²) in [6.07, 6.45) is 1.62. The molecule has 0 saturated heterocycles. The van der Waals surface area contributed by atoms with Gasteiger partial charge in [-0.05, 0) is 51.5 Å². The first kappa shape index (κ1) is 22.4. The third-order valence-corrected chi connectivity index (χ3v) is 6.53. The van der Waals surface area contributed by atoms with E-state index in [0.717, 1.165) is 28.3 Å². The zero-order chi connectivity index (χ0) is 23.5. The fraction of sp³-hybridized carbons (Fsp3) is 0.250. The number of hydrogen-bond acceptors (Lipinski definition) is 6. The van der Waals surface area contributed by atoms with Gasteiger partial charge >= 0.3 is 0 Å². The molecule has 0 fully saturated rings. The van der Waals surface area contributed by atoms with Gasteiger partial charge in [-0.15, -0.1) is 10.2 Å². The summed E-state index contributed by atoms with van der Waals surface area (Å²) in [5.41, 5.74) is 3.98. The fourth-order valence-corrected chi connectivity index (χ4v) is 4.56. The highest BCUT2D eigenvalue weighted by molar-refractivity contribution is 7.99. The molecule has 0 aliphatic rings. The first-order chi connectivity index (χ1) is 16.0. The van der Waals surface area contributed by atoms with Crippen LogP contribution in [-0.2, 0) is 11.3 Å². The summed E-state index contributed by atoms with van der Waals surface area (Å²) in [5.74, 6) is 1.87. The third-order valence-electron chi connectivity index (χ3n) is 5.56. The number of nitrogens with one attached hydrogen (secondary N) is 1. The first-order valence-electron chi connectivity index (χ1n) is 10.5. The zero-order valence-electron chi connectivity index (χ0n) is 18.9. The van der Waals surface area contributed by atoms with Crippen molar-refractivity contribution in [1.29, 1.82) is 5.26 Å². The van der Waals surface area contributed by atoms with Crippen molar-refractivity contribution in [3.63, 3.8) is 0 Å². The van der Waals surface area contributed by atoms with E-state index in [-0.39, 0.29) is 11.7 Å². The quantitative estimate of drug-likeness (QED) is 0.395. The number of amides is 1. The van der Waals surface area contributed by atoms with Crippen molar-refractivity contribution in [3.05, 3.63) is 65.2 Å². The van der Waals surface area contributed by atoms with Gasteiger partial charge in [-0.2, -0.15) is 5.26 Å². The molecule has 9 heteroatoms. The molecule has 1 aromatic carbocycles. The van der Waals surface area contributed by atoms with Crippen molar-refractivity contribution in [3.8, 4) is 23.1 Å². The number of anilines is 1. The van der Waals surface area contributed by atoms with E-state index in [1.807, 2.05) is 73.2 Å². The molecule has 8 nitrogen and oxygen atoms in total. The molecule has 0 unspecified atom stereocenters. The predicted octanol–water partition coefficient (Wildman–Crippen LogP) is 4.88. The van der Waals surface area contributed by atoms with Gasteiger partial charge in [0.25, 0.3) is 0 Å². The van der Waals surface area contributed by atoms with Crippen LogP contribution in [0.5, 0.6) is 0 Å². The second kappa shape index (κ2) is 9.38. The number of carbonyl (C=O) groups is 1. The van der Waals surface area contributed by atoms with E-state index in [9.17, 15) is 10.1 Å². The number of carbonyl (C=O) groups excluding carboxylic acids is 1. The third kappa shape index (κ3) is 4.17. The smallest absolute Gasteiger partial charge is 0.236 e. The molecule has 0 spiro atoms. The van der Waals surface area contributed by atoms with E-state index in [1.54, 1.807) is 6.26 Å². The van der Waals surface area contributed by atoms with Gasteiger partial charge in [0.05, 0.1) is 23.1 Å². The normalized spacial score (nSPS) is 10.9. The summed E-state index contributed by atoms with van der Waals surface area (Å²) in [7, 11) is 0. The lowest BCUT2D eigenvalue weighted by Gasteiger charge is -2.13. The lowest BCUT2D eigenvalue weighted by molar-refractivity contribution is -0.113. The highest BCUT2D eigenvalue weighted by atomic mass is 32.2. The summed E-state index contributed by atoms with van der Waals surface area (Å²) < 4.78 is 9.26. The van der Waals surface area contributed by atoms with Crippen LogP contribution in [0, 0.1) is 32.1 Å². The van der Waals surface area contributed by atoms with Crippen molar-refractivity contribution in [2.75, 3.05) is 11.1 Å². The van der Waals surface area contributed by atoms with Gasteiger partial charge in [-0.25, -0.2) is 0 Å². The molecule has 33 heavy (non-hydrogen) atoms. The van der Waals surface area contributed by atoms with Gasteiger partial charge in [-0.3, -0.25) is 9.36 Å². The Morgan fingerprint density at radius 2 is 1.94 bits per heavy atom. The van der Waals surface area contributed by atoms with Crippen LogP contribution in [0.3, 0.4) is 0 Å². The summed E-state index contributed by atoms with van der Waals surface area (Å²) in [5, 5.41) is 21.9. The molecule has 1 N–H and O–H groups in total. The summed E-state index contributed by atoms with van der Waals surface area (Å²) in [4.78, 5) is 12.9. The average Bonchev–Trinajstić information content (AvgIpc) is 3.49. The van der Waals surface area contributed by atoms with Crippen LogP contribution >= 0.6 is 11.8 Å². The van der Waals surface area contributed by atoms with Crippen LogP contribution in [0.15, 0.2) is 52.2 Å². The average molecular weight is 461 g/mol. The SMILES string of the molecule is CCn1c(SCC(=O)Nc2c(C#N)c(C)c(C)n2-c2ccccc2)nnc1-c1ccoc1C. The molecule has 0 atom stereocenters. The van der Waals surface area contributed by atoms with Gasteiger partial charge in [0.15, 0.2) is 11.0 Å². The molecule has 1 amide bonds. The van der Waals surface area contributed by atoms with Gasteiger partial charge in [0, 0.05) is 17.9 Å². The Bertz CT molecular complexity index is 1340. The van der Waals surface area contributed by atoms with Gasteiger partial charge < -0.3 is 14.3 Å². The first-order valence-corrected chi connectivity index (χ1v) is 11.5. The van der Waals surface area contributed by atoms with Gasteiger partial charge in [0.1, 0.15) is 17.6 Å². The number of benzene rings is 1. The molecule has 0 saturated carbocycles. The Hall–Kier alpha value is -3.77. The van der Waals surface area contributed by atoms with Crippen LogP contribution in [-0.4, -0.2) is 31.0 Å². The molecular weight excluding hydrogens is 436 g/mol. The lowest BCUT2D eigenvalue weighted by Crippen LogP contribution is -2.18. The number of aryl methyl sites for hydroxylation is 1. The maximum Gasteiger partial charge on any atom is 0.236 e. The maximum atomic E-state index is 12.9. The Balaban J connectivity index is 1.57. The van der Waals surface area contributed by atoms with Crippen molar-refractivity contribution in [2.24, 2.45) is 0 Å². The Morgan fingerprint density at radius 1 is 1.18 bits per heavy atom. The van der Waals surface area contributed by atoms with Gasteiger partial charge in [-0.1, -0.05) is 30.0 Å². The molecule has 0 radical (unpaired) electrons. The summed E-state index contributed by atoms with van der Waals surface area (Å²) in [6.45, 7) is 8.37. The maximum absolute atomic E-state index is 12.9. The largest absolute Gasteiger partial charge is 0.469 e. The number of thioether (sulfide) groups is 1. The van der Waals surface area contributed by atoms with Crippen molar-refractivity contribution in [2.45, 2.75) is 39.4 Å². The van der Waals surface area contributed by atoms with Crippen LogP contribution in [0.25, 0.3) is 17.1 Å². The molecule has 0 aliphatic carbocycles. The van der Waals surface area contributed by atoms with E-state index in [1.165, 1.54) is 11.8 Å². The Kier molecular flexibility index (Phi) is 6.38. The van der Waals surface area contributed by atoms with E-state index in [2.05, 4.69) is 21.6 Å². The fourth-order valence-electron chi connectivity index (χ4n) is 3.76. The molecule has 168 valence electrons. The number of nitriles is 1. The van der Waals surface area contributed by atoms with E-state index in [0.29, 0.717) is 28.9 Å². The monoisotopic (exact) mass is 460 g/mol. The zero-order valence-corrected chi connectivity index (χ0v) is 19.7. The molecule has 4 rings (SSSR count). The molecule has 3 aromatic heterocycles. The van der Waals surface area contributed by atoms with Crippen LogP contribution < -0.4 is 5.32 Å². The number of nitrogens with zero attached hydrogens (tertiary/aromatic N) is 5. The van der Waals surface area contributed by atoms with E-state index in [4.69, 9.17) is 4.42 Å². The topological polar surface area (TPSA) is 102 Å². The van der Waals surface area contributed by atoms with Crippen LogP contribution in [0.1, 0.15) is 29.5 Å². The highest BCUT2D eigenvalue weighted by Crippen LogP contribution is 2.31. The molecule has 0 bridgehead atoms. The summed E-state index contributed by atoms with van der Waals surface area (Å²) in [6, 6.07) is 13.8. The summed E-state index contributed by atoms with van der Waals surface area (Å²) >= 11 is 1.30. The second-order valence-electron chi connectivity index (χ2n) is 7.49. The Morgan fingerprint density at radius 3 is 2.58 bits per heavy atom. The number of furan rings is 1. The minimum atomic E-state index is -0.224. The molecular formula is C24H24N6O2S. The number of para-hydroxylation sites is 1. The van der Waals surface area contributed by atoms with E-state index >= 15 is 0 Å². The standard InChI is InChI=1S/C24H24N6O2S/c1-5-29-23(19-11-12-32-17(19)4)27-28-24(29)33-14-21(31)26-22-20(13-25)15(2)16(3)30(22)18-9-7-6-8-10-18/h6-12H,5,14H2,1-4H3,(H,26,31). The predicted molar refractivity (Wildman–Crippen MR) is 127 cm³/mol. The minimum Gasteiger partial charge on any atom is -0.469 e. The van der Waals surface area contributed by atoms with Gasteiger partial charge in [0.2, 0.25) is 5.91 Å². The Labute approximate surface area is 196 Å². The lowest BCUT2D eigenvalue weighted by atomic mass is 10.2. The van der Waals surface area contributed by atoms with Crippen LogP contribution in [0.2, 0.25) is 0 Å². The molecule has 0 aliphatic heterocycles. The van der Waals surface area contributed by atoms with Crippen LogP contribution in [0.4, 0.5) is 5.82 Å². The number of aromatic nitrogens is 4. The number of rotatable bonds is 7.